The zero-order chi connectivity index (χ0) is 17.1. The van der Waals surface area contributed by atoms with Gasteiger partial charge in [0.05, 0.1) is 18.9 Å². The number of ether oxygens (including phenoxy) is 2. The highest BCUT2D eigenvalue weighted by Crippen LogP contribution is 2.58. The van der Waals surface area contributed by atoms with Crippen molar-refractivity contribution in [1.82, 2.24) is 19.5 Å². The number of aliphatic hydroxyl groups excluding tert-OH is 2. The Bertz CT molecular complexity index is 810. The molecule has 0 amide bonds. The quantitative estimate of drug-likeness (QED) is 0.600. The number of rotatable bonds is 3. The molecule has 4 rings (SSSR count). The first-order chi connectivity index (χ1) is 11.5. The van der Waals surface area contributed by atoms with Crippen LogP contribution in [0.4, 0.5) is 5.82 Å². The van der Waals surface area contributed by atoms with Crippen LogP contribution in [-0.2, 0) is 14.3 Å². The number of anilines is 1. The summed E-state index contributed by atoms with van der Waals surface area (Å²) in [4.78, 5) is 24.0. The molecule has 0 aromatic carbocycles. The summed E-state index contributed by atoms with van der Waals surface area (Å²) in [5, 5.41) is 20.8. The van der Waals surface area contributed by atoms with Gasteiger partial charge in [0.15, 0.2) is 17.7 Å². The van der Waals surface area contributed by atoms with Crippen LogP contribution in [0.15, 0.2) is 12.7 Å². The van der Waals surface area contributed by atoms with Crippen molar-refractivity contribution in [3.05, 3.63) is 12.7 Å². The lowest BCUT2D eigenvalue weighted by atomic mass is 10.1. The molecule has 3 heterocycles. The number of hydrogen-bond acceptors (Lipinski definition) is 9. The third kappa shape index (κ3) is 1.93. The predicted molar refractivity (Wildman–Crippen MR) is 79.3 cm³/mol. The highest BCUT2D eigenvalue weighted by molar-refractivity contribution is 5.81. The normalized spacial score (nSPS) is 34.8. The van der Waals surface area contributed by atoms with E-state index in [1.54, 1.807) is 6.92 Å². The van der Waals surface area contributed by atoms with Gasteiger partial charge in [0.25, 0.3) is 0 Å². The highest BCUT2D eigenvalue weighted by atomic mass is 16.6. The summed E-state index contributed by atoms with van der Waals surface area (Å²) in [5.41, 5.74) is 5.37. The molecule has 2 fully saturated rings. The molecule has 1 aliphatic carbocycles. The zero-order valence-electron chi connectivity index (χ0n) is 12.9. The van der Waals surface area contributed by atoms with Crippen molar-refractivity contribution in [3.63, 3.8) is 0 Å². The smallest absolute Gasteiger partial charge is 0.312 e. The molecule has 2 aliphatic rings. The van der Waals surface area contributed by atoms with Gasteiger partial charge in [-0.1, -0.05) is 0 Å². The second-order valence-corrected chi connectivity index (χ2v) is 5.99. The Hall–Kier alpha value is -2.30. The molecule has 0 bridgehead atoms. The van der Waals surface area contributed by atoms with Gasteiger partial charge in [0.1, 0.15) is 29.7 Å². The Morgan fingerprint density at radius 3 is 3.04 bits per heavy atom. The van der Waals surface area contributed by atoms with Crippen molar-refractivity contribution in [2.45, 2.75) is 37.4 Å². The standard InChI is InChI=1S/C14H17N5O5/c1-2-23-13(22)6-3-14(6)9(21)8(20)12(24-14)19-5-18-7-10(15)16-4-17-11(7)19/h4-6,8-9,12,20-21H,2-3H2,1H3,(H2,15,16,17)/t6-,8+,9?,12?,14+/m1/s1. The van der Waals surface area contributed by atoms with E-state index in [-0.39, 0.29) is 12.4 Å². The molecule has 24 heavy (non-hydrogen) atoms. The first-order valence-corrected chi connectivity index (χ1v) is 7.63. The zero-order valence-corrected chi connectivity index (χ0v) is 12.9. The second-order valence-electron chi connectivity index (χ2n) is 5.99. The molecule has 4 N–H and O–H groups in total. The van der Waals surface area contributed by atoms with Crippen LogP contribution in [0.3, 0.4) is 0 Å². The first-order valence-electron chi connectivity index (χ1n) is 7.63. The number of fused-ring (bicyclic) bond motifs is 1. The SMILES string of the molecule is CCOC(=O)[C@H]1C[C@]12OC(n1cnc3c(N)ncnc31)[C@@H](O)C2O. The third-order valence-electron chi connectivity index (χ3n) is 4.64. The number of nitrogens with two attached hydrogens (primary N) is 1. The molecule has 0 radical (unpaired) electrons. The van der Waals surface area contributed by atoms with Crippen molar-refractivity contribution >= 4 is 23.0 Å². The summed E-state index contributed by atoms with van der Waals surface area (Å²) < 4.78 is 12.3. The fourth-order valence-electron chi connectivity index (χ4n) is 3.33. The van der Waals surface area contributed by atoms with E-state index < -0.39 is 35.9 Å². The third-order valence-corrected chi connectivity index (χ3v) is 4.64. The van der Waals surface area contributed by atoms with E-state index in [9.17, 15) is 15.0 Å². The fourth-order valence-corrected chi connectivity index (χ4v) is 3.33. The maximum Gasteiger partial charge on any atom is 0.312 e. The molecule has 5 atom stereocenters. The van der Waals surface area contributed by atoms with Crippen LogP contribution in [0.2, 0.25) is 0 Å². The molecule has 1 saturated carbocycles. The predicted octanol–water partition coefficient (Wildman–Crippen LogP) is -1.02. The van der Waals surface area contributed by atoms with Crippen LogP contribution in [0, 0.1) is 5.92 Å². The van der Waals surface area contributed by atoms with Crippen LogP contribution >= 0.6 is 0 Å². The maximum absolute atomic E-state index is 11.9. The number of carbonyl (C=O) groups excluding carboxylic acids is 1. The number of aromatic nitrogens is 4. The van der Waals surface area contributed by atoms with Gasteiger partial charge in [-0.05, 0) is 13.3 Å². The fraction of sp³-hybridized carbons (Fsp3) is 0.571. The average Bonchev–Trinajstić information content (AvgIpc) is 3.05. The molecule has 10 nitrogen and oxygen atoms in total. The second kappa shape index (κ2) is 5.10. The van der Waals surface area contributed by atoms with Gasteiger partial charge in [-0.25, -0.2) is 15.0 Å². The molecule has 1 aliphatic heterocycles. The Kier molecular flexibility index (Phi) is 3.24. The van der Waals surface area contributed by atoms with Crippen molar-refractivity contribution in [1.29, 1.82) is 0 Å². The number of imidazole rings is 1. The summed E-state index contributed by atoms with van der Waals surface area (Å²) in [5.74, 6) is -0.828. The minimum Gasteiger partial charge on any atom is -0.466 e. The van der Waals surface area contributed by atoms with Gasteiger partial charge in [-0.2, -0.15) is 0 Å². The molecular formula is C14H17N5O5. The molecule has 128 valence electrons. The van der Waals surface area contributed by atoms with E-state index in [4.69, 9.17) is 15.2 Å². The summed E-state index contributed by atoms with van der Waals surface area (Å²) in [6, 6.07) is 0. The van der Waals surface area contributed by atoms with Crippen molar-refractivity contribution in [3.8, 4) is 0 Å². The Balaban J connectivity index is 1.66. The van der Waals surface area contributed by atoms with Gasteiger partial charge in [-0.3, -0.25) is 9.36 Å². The number of esters is 1. The molecule has 2 aromatic heterocycles. The van der Waals surface area contributed by atoms with E-state index in [0.29, 0.717) is 17.6 Å². The topological polar surface area (TPSA) is 146 Å². The van der Waals surface area contributed by atoms with Crippen LogP contribution in [0.25, 0.3) is 11.2 Å². The number of hydrogen-bond donors (Lipinski definition) is 3. The lowest BCUT2D eigenvalue weighted by Crippen LogP contribution is -2.35. The van der Waals surface area contributed by atoms with E-state index in [1.165, 1.54) is 17.2 Å². The molecular weight excluding hydrogens is 318 g/mol. The maximum atomic E-state index is 11.9. The van der Waals surface area contributed by atoms with E-state index >= 15 is 0 Å². The van der Waals surface area contributed by atoms with Crippen molar-refractivity contribution < 1.29 is 24.5 Å². The van der Waals surface area contributed by atoms with Gasteiger partial charge < -0.3 is 25.4 Å². The summed E-state index contributed by atoms with van der Waals surface area (Å²) in [6.45, 7) is 1.95. The summed E-state index contributed by atoms with van der Waals surface area (Å²) in [7, 11) is 0. The largest absolute Gasteiger partial charge is 0.466 e. The summed E-state index contributed by atoms with van der Waals surface area (Å²) in [6.07, 6.45) is -0.395. The van der Waals surface area contributed by atoms with Gasteiger partial charge >= 0.3 is 5.97 Å². The van der Waals surface area contributed by atoms with E-state index in [2.05, 4.69) is 15.0 Å². The number of carbonyl (C=O) groups is 1. The average molecular weight is 335 g/mol. The van der Waals surface area contributed by atoms with Gasteiger partial charge in [0, 0.05) is 0 Å². The number of nitrogen functional groups attached to an aromatic ring is 1. The monoisotopic (exact) mass is 335 g/mol. The van der Waals surface area contributed by atoms with E-state index in [0.717, 1.165) is 0 Å². The highest BCUT2D eigenvalue weighted by Gasteiger charge is 2.72. The lowest BCUT2D eigenvalue weighted by molar-refractivity contribution is -0.148. The van der Waals surface area contributed by atoms with Crippen molar-refractivity contribution in [2.75, 3.05) is 12.3 Å². The Morgan fingerprint density at radius 1 is 1.50 bits per heavy atom. The minimum atomic E-state index is -1.24. The molecule has 10 heteroatoms. The van der Waals surface area contributed by atoms with Crippen LogP contribution < -0.4 is 5.73 Å². The van der Waals surface area contributed by atoms with Crippen LogP contribution in [-0.4, -0.2) is 60.1 Å². The van der Waals surface area contributed by atoms with Gasteiger partial charge in [-0.15, -0.1) is 0 Å². The first kappa shape index (κ1) is 15.2. The molecule has 1 saturated heterocycles. The van der Waals surface area contributed by atoms with Crippen molar-refractivity contribution in [2.24, 2.45) is 5.92 Å². The number of nitrogens with zero attached hydrogens (tertiary/aromatic N) is 4. The lowest BCUT2D eigenvalue weighted by Gasteiger charge is -2.16. The minimum absolute atomic E-state index is 0.206. The Morgan fingerprint density at radius 2 is 2.29 bits per heavy atom. The van der Waals surface area contributed by atoms with Crippen LogP contribution in [0.1, 0.15) is 19.6 Å². The molecule has 2 aromatic rings. The summed E-state index contributed by atoms with van der Waals surface area (Å²) >= 11 is 0. The molecule has 2 unspecified atom stereocenters. The molecule has 1 spiro atoms. The Labute approximate surface area is 136 Å². The van der Waals surface area contributed by atoms with Gasteiger partial charge in [0.2, 0.25) is 0 Å². The van der Waals surface area contributed by atoms with Crippen LogP contribution in [0.5, 0.6) is 0 Å². The number of aliphatic hydroxyl groups is 2. The van der Waals surface area contributed by atoms with E-state index in [1.807, 2.05) is 0 Å².